The molecule has 0 amide bonds. The molecule has 0 saturated carbocycles. The van der Waals surface area contributed by atoms with E-state index in [-0.39, 0.29) is 0 Å². The number of nitrogens with zero attached hydrogens (tertiary/aromatic N) is 1. The number of benzene rings is 1. The van der Waals surface area contributed by atoms with Crippen LogP contribution in [-0.4, -0.2) is 23.7 Å². The van der Waals surface area contributed by atoms with E-state index >= 15 is 0 Å². The Kier molecular flexibility index (Phi) is 3.84. The number of aliphatic hydroxyl groups excluding tert-OH is 1. The quantitative estimate of drug-likeness (QED) is 0.844. The third-order valence-electron chi connectivity index (χ3n) is 2.56. The molecule has 1 aromatic heterocycles. The number of aromatic nitrogens is 1. The number of likely N-dealkylation sites (N-methyl/N-ethyl adjacent to an activating group) is 1. The molecule has 1 atom stereocenters. The Labute approximate surface area is 109 Å². The van der Waals surface area contributed by atoms with E-state index in [1.165, 1.54) is 0 Å². The van der Waals surface area contributed by atoms with Gasteiger partial charge in [-0.2, -0.15) is 0 Å². The monoisotopic (exact) mass is 270 g/mol. The number of aliphatic hydroxyl groups is 1. The Hall–Kier alpha value is -0.870. The van der Waals surface area contributed by atoms with Gasteiger partial charge in [-0.3, -0.25) is 0 Å². The largest absolute Gasteiger partial charge is 0.387 e. The summed E-state index contributed by atoms with van der Waals surface area (Å²) >= 11 is 12.1. The van der Waals surface area contributed by atoms with Crippen molar-refractivity contribution in [3.8, 4) is 0 Å². The van der Waals surface area contributed by atoms with Crippen molar-refractivity contribution in [1.29, 1.82) is 0 Å². The van der Waals surface area contributed by atoms with Gasteiger partial charge in [0, 0.05) is 17.5 Å². The molecular weight excluding hydrogens is 259 g/mol. The van der Waals surface area contributed by atoms with Crippen LogP contribution in [0.3, 0.4) is 0 Å². The van der Waals surface area contributed by atoms with Crippen molar-refractivity contribution in [2.75, 3.05) is 13.6 Å². The second-order valence-corrected chi connectivity index (χ2v) is 4.51. The van der Waals surface area contributed by atoms with Gasteiger partial charge in [0.2, 0.25) is 0 Å². The summed E-state index contributed by atoms with van der Waals surface area (Å²) < 4.78 is 0. The molecule has 0 aliphatic heterocycles. The first-order chi connectivity index (χ1) is 8.13. The Morgan fingerprint density at radius 3 is 2.76 bits per heavy atom. The summed E-state index contributed by atoms with van der Waals surface area (Å²) in [7, 11) is 1.78. The highest BCUT2D eigenvalue weighted by atomic mass is 35.5. The standard InChI is InChI=1S/C12H12Cl2N2O/c1-15-6-10(17)8-2-4-9-7(12(8)14)3-5-11(13)16-9/h2-5,10,15,17H,6H2,1H3. The zero-order valence-corrected chi connectivity index (χ0v) is 10.8. The van der Waals surface area contributed by atoms with E-state index < -0.39 is 6.10 Å². The van der Waals surface area contributed by atoms with Crippen LogP contribution in [0.2, 0.25) is 10.2 Å². The summed E-state index contributed by atoms with van der Waals surface area (Å²) in [6.45, 7) is 0.451. The van der Waals surface area contributed by atoms with E-state index in [1.807, 2.05) is 6.07 Å². The number of halogens is 2. The van der Waals surface area contributed by atoms with E-state index in [1.54, 1.807) is 25.2 Å². The Bertz CT molecular complexity index is 545. The molecule has 0 bridgehead atoms. The minimum atomic E-state index is -0.632. The number of nitrogens with one attached hydrogen (secondary N) is 1. The minimum absolute atomic E-state index is 0.428. The lowest BCUT2D eigenvalue weighted by molar-refractivity contribution is 0.178. The second kappa shape index (κ2) is 5.19. The van der Waals surface area contributed by atoms with Gasteiger partial charge in [0.1, 0.15) is 5.15 Å². The molecule has 2 aromatic rings. The van der Waals surface area contributed by atoms with Gasteiger partial charge >= 0.3 is 0 Å². The average molecular weight is 271 g/mol. The lowest BCUT2D eigenvalue weighted by Crippen LogP contribution is -2.17. The topological polar surface area (TPSA) is 45.1 Å². The fraction of sp³-hybridized carbons (Fsp3) is 0.250. The van der Waals surface area contributed by atoms with Gasteiger partial charge in [-0.1, -0.05) is 29.3 Å². The molecule has 0 spiro atoms. The third-order valence-corrected chi connectivity index (χ3v) is 3.19. The Morgan fingerprint density at radius 1 is 1.29 bits per heavy atom. The van der Waals surface area contributed by atoms with Gasteiger partial charge in [-0.05, 0) is 25.2 Å². The van der Waals surface area contributed by atoms with Crippen LogP contribution in [0, 0.1) is 0 Å². The van der Waals surface area contributed by atoms with E-state index in [4.69, 9.17) is 23.2 Å². The van der Waals surface area contributed by atoms with E-state index in [0.29, 0.717) is 22.3 Å². The van der Waals surface area contributed by atoms with Gasteiger partial charge in [0.25, 0.3) is 0 Å². The lowest BCUT2D eigenvalue weighted by Gasteiger charge is -2.13. The molecule has 0 aliphatic rings. The highest BCUT2D eigenvalue weighted by Gasteiger charge is 2.13. The summed E-state index contributed by atoms with van der Waals surface area (Å²) in [5.74, 6) is 0. The van der Waals surface area contributed by atoms with Crippen LogP contribution in [-0.2, 0) is 0 Å². The van der Waals surface area contributed by atoms with Crippen molar-refractivity contribution in [2.24, 2.45) is 0 Å². The maximum absolute atomic E-state index is 9.92. The summed E-state index contributed by atoms with van der Waals surface area (Å²) in [5.41, 5.74) is 1.42. The highest BCUT2D eigenvalue weighted by molar-refractivity contribution is 6.36. The van der Waals surface area contributed by atoms with Gasteiger partial charge in [-0.15, -0.1) is 0 Å². The van der Waals surface area contributed by atoms with Crippen LogP contribution < -0.4 is 5.32 Å². The molecule has 90 valence electrons. The first-order valence-electron chi connectivity index (χ1n) is 5.21. The predicted octanol–water partition coefficient (Wildman–Crippen LogP) is 2.79. The molecule has 5 heteroatoms. The normalized spacial score (nSPS) is 12.9. The zero-order chi connectivity index (χ0) is 12.4. The highest BCUT2D eigenvalue weighted by Crippen LogP contribution is 2.30. The van der Waals surface area contributed by atoms with Gasteiger partial charge < -0.3 is 10.4 Å². The fourth-order valence-electron chi connectivity index (χ4n) is 1.72. The molecule has 3 nitrogen and oxygen atoms in total. The van der Waals surface area contributed by atoms with E-state index in [9.17, 15) is 5.11 Å². The van der Waals surface area contributed by atoms with Crippen LogP contribution in [0.4, 0.5) is 0 Å². The third kappa shape index (κ3) is 2.53. The van der Waals surface area contributed by atoms with Crippen LogP contribution in [0.1, 0.15) is 11.7 Å². The molecule has 17 heavy (non-hydrogen) atoms. The summed E-state index contributed by atoms with van der Waals surface area (Å²) in [4.78, 5) is 4.17. The average Bonchev–Trinajstić information content (AvgIpc) is 2.29. The molecule has 1 aromatic carbocycles. The van der Waals surface area contributed by atoms with Crippen LogP contribution in [0.25, 0.3) is 10.9 Å². The maximum atomic E-state index is 9.92. The summed E-state index contributed by atoms with van der Waals surface area (Å²) in [5, 5.41) is 14.6. The number of hydrogen-bond acceptors (Lipinski definition) is 3. The van der Waals surface area contributed by atoms with Crippen LogP contribution in [0.15, 0.2) is 24.3 Å². The first-order valence-corrected chi connectivity index (χ1v) is 5.96. The number of hydrogen-bond donors (Lipinski definition) is 2. The van der Waals surface area contributed by atoms with Crippen molar-refractivity contribution in [2.45, 2.75) is 6.10 Å². The number of fused-ring (bicyclic) bond motifs is 1. The molecule has 2 N–H and O–H groups in total. The van der Waals surface area contributed by atoms with Crippen molar-refractivity contribution < 1.29 is 5.11 Å². The molecule has 0 saturated heterocycles. The van der Waals surface area contributed by atoms with Crippen LogP contribution >= 0.6 is 23.2 Å². The SMILES string of the molecule is CNCC(O)c1ccc2nc(Cl)ccc2c1Cl. The maximum Gasteiger partial charge on any atom is 0.129 e. The van der Waals surface area contributed by atoms with Crippen molar-refractivity contribution in [3.63, 3.8) is 0 Å². The van der Waals surface area contributed by atoms with Crippen LogP contribution in [0.5, 0.6) is 0 Å². The van der Waals surface area contributed by atoms with Gasteiger partial charge in [0.05, 0.1) is 16.6 Å². The van der Waals surface area contributed by atoms with Crippen molar-refractivity contribution in [3.05, 3.63) is 40.0 Å². The number of rotatable bonds is 3. The fourth-order valence-corrected chi connectivity index (χ4v) is 2.22. The Morgan fingerprint density at radius 2 is 2.06 bits per heavy atom. The summed E-state index contributed by atoms with van der Waals surface area (Å²) in [6.07, 6.45) is -0.632. The Balaban J connectivity index is 2.54. The molecular formula is C12H12Cl2N2O. The molecule has 0 fully saturated rings. The second-order valence-electron chi connectivity index (χ2n) is 3.74. The number of pyridine rings is 1. The summed E-state index contributed by atoms with van der Waals surface area (Å²) in [6, 6.07) is 7.07. The molecule has 1 heterocycles. The lowest BCUT2D eigenvalue weighted by atomic mass is 10.1. The van der Waals surface area contributed by atoms with E-state index in [2.05, 4.69) is 10.3 Å². The molecule has 1 unspecified atom stereocenters. The van der Waals surface area contributed by atoms with Gasteiger partial charge in [-0.25, -0.2) is 4.98 Å². The molecule has 0 radical (unpaired) electrons. The van der Waals surface area contributed by atoms with Crippen molar-refractivity contribution >= 4 is 34.1 Å². The molecule has 0 aliphatic carbocycles. The van der Waals surface area contributed by atoms with Gasteiger partial charge in [0.15, 0.2) is 0 Å². The smallest absolute Gasteiger partial charge is 0.129 e. The van der Waals surface area contributed by atoms with E-state index in [0.717, 1.165) is 10.9 Å². The minimum Gasteiger partial charge on any atom is -0.387 e. The zero-order valence-electron chi connectivity index (χ0n) is 9.24. The molecule has 2 rings (SSSR count). The predicted molar refractivity (Wildman–Crippen MR) is 70.6 cm³/mol. The first kappa shape index (κ1) is 12.6. The van der Waals surface area contributed by atoms with Crippen molar-refractivity contribution in [1.82, 2.24) is 10.3 Å².